The van der Waals surface area contributed by atoms with Gasteiger partial charge in [0.05, 0.1) is 0 Å². The molecule has 0 unspecified atom stereocenters. The fourth-order valence-corrected chi connectivity index (χ4v) is 2.40. The van der Waals surface area contributed by atoms with E-state index >= 15 is 0 Å². The summed E-state index contributed by atoms with van der Waals surface area (Å²) >= 11 is 1.60. The Labute approximate surface area is 96.2 Å². The molecule has 0 fully saturated rings. The maximum absolute atomic E-state index is 2.34. The van der Waals surface area contributed by atoms with Gasteiger partial charge in [-0.15, -0.1) is 0 Å². The van der Waals surface area contributed by atoms with Gasteiger partial charge in [0.2, 0.25) is 0 Å². The fraction of sp³-hybridized carbons (Fsp3) is 0.500. The third-order valence-corrected chi connectivity index (χ3v) is 3.05. The molecule has 0 heterocycles. The van der Waals surface area contributed by atoms with E-state index in [0.29, 0.717) is 0 Å². The quantitative estimate of drug-likeness (QED) is 0.465. The van der Waals surface area contributed by atoms with E-state index in [1.165, 1.54) is 18.4 Å². The number of halogens is 2. The summed E-state index contributed by atoms with van der Waals surface area (Å²) in [6, 6.07) is 0. The third-order valence-electron chi connectivity index (χ3n) is 1.81. The van der Waals surface area contributed by atoms with Gasteiger partial charge in [-0.05, 0) is 0 Å². The van der Waals surface area contributed by atoms with E-state index in [-0.39, 0.29) is 24.8 Å². The minimum absolute atomic E-state index is 0. The van der Waals surface area contributed by atoms with E-state index < -0.39 is 0 Å². The molecule has 0 N–H and O–H groups in total. The number of hydrogen-bond acceptors (Lipinski definition) is 0. The Hall–Kier alpha value is 0.943. The van der Waals surface area contributed by atoms with E-state index in [0.717, 1.165) is 0 Å². The number of hydrogen-bond donors (Lipinski definition) is 0. The van der Waals surface area contributed by atoms with Crippen molar-refractivity contribution in [1.29, 1.82) is 0 Å². The molecule has 0 bridgehead atoms. The van der Waals surface area contributed by atoms with Crippen LogP contribution in [0.5, 0.6) is 0 Å². The van der Waals surface area contributed by atoms with Crippen LogP contribution in [0.3, 0.4) is 0 Å². The van der Waals surface area contributed by atoms with Crippen molar-refractivity contribution in [3.63, 3.8) is 0 Å². The molecule has 1 rings (SSSR count). The topological polar surface area (TPSA) is 0 Å². The Balaban J connectivity index is 0. The third kappa shape index (κ3) is 3.44. The molecule has 0 saturated carbocycles. The second-order valence-corrected chi connectivity index (χ2v) is 3.89. The predicted molar refractivity (Wildman–Crippen MR) is 35.7 cm³/mol. The van der Waals surface area contributed by atoms with Gasteiger partial charge in [0.1, 0.15) is 0 Å². The fourth-order valence-electron chi connectivity index (χ4n) is 1.23. The molecule has 0 radical (unpaired) electrons. The summed E-state index contributed by atoms with van der Waals surface area (Å²) in [5.74, 6) is 0. The van der Waals surface area contributed by atoms with Crippen molar-refractivity contribution in [2.45, 2.75) is 26.7 Å². The first-order valence-corrected chi connectivity index (χ1v) is 4.59. The van der Waals surface area contributed by atoms with Crippen LogP contribution < -0.4 is 24.8 Å². The summed E-state index contributed by atoms with van der Waals surface area (Å²) in [4.78, 5) is 0. The van der Waals surface area contributed by atoms with Gasteiger partial charge in [-0.25, -0.2) is 0 Å². The van der Waals surface area contributed by atoms with Crippen molar-refractivity contribution >= 4 is 0 Å². The van der Waals surface area contributed by atoms with E-state index in [9.17, 15) is 0 Å². The zero-order valence-electron chi connectivity index (χ0n) is 6.75. The van der Waals surface area contributed by atoms with Gasteiger partial charge in [-0.1, -0.05) is 0 Å². The summed E-state index contributed by atoms with van der Waals surface area (Å²) in [7, 11) is 0. The van der Waals surface area contributed by atoms with Crippen molar-refractivity contribution in [3.8, 4) is 0 Å². The molecule has 0 aliphatic heterocycles. The maximum atomic E-state index is 2.34. The largest absolute Gasteiger partial charge is 1.00 e. The van der Waals surface area contributed by atoms with E-state index in [1.54, 1.807) is 33.6 Å². The van der Waals surface area contributed by atoms with E-state index in [4.69, 9.17) is 0 Å². The normalized spacial score (nSPS) is 15.5. The van der Waals surface area contributed by atoms with E-state index in [1.807, 2.05) is 0 Å². The van der Waals surface area contributed by atoms with Crippen LogP contribution in [0.4, 0.5) is 0 Å². The van der Waals surface area contributed by atoms with Crippen LogP contribution in [0.1, 0.15) is 26.7 Å². The standard InChI is InChI=1S/C8H11.2ClH.Zr/c1-3-8-6-4-5-7(8)2;;;/h5H,3-4H2,1-2H3;2*1H;/q;;;+2/p-2. The summed E-state index contributed by atoms with van der Waals surface area (Å²) < 4.78 is 1.65. The van der Waals surface area contributed by atoms with Crippen molar-refractivity contribution in [3.05, 3.63) is 20.5 Å². The monoisotopic (exact) mass is 267 g/mol. The second-order valence-electron chi connectivity index (χ2n) is 2.40. The molecule has 0 nitrogen and oxygen atoms in total. The summed E-state index contributed by atoms with van der Waals surface area (Å²) in [6.07, 6.45) is 4.79. The molecule has 0 amide bonds. The molecule has 0 saturated heterocycles. The van der Waals surface area contributed by atoms with E-state index in [2.05, 4.69) is 19.9 Å². The first kappa shape index (κ1) is 14.5. The zero-order valence-corrected chi connectivity index (χ0v) is 10.7. The van der Waals surface area contributed by atoms with Crippen LogP contribution in [0, 0.1) is 0 Å². The van der Waals surface area contributed by atoms with Gasteiger partial charge in [-0.2, -0.15) is 0 Å². The van der Waals surface area contributed by atoms with Crippen LogP contribution in [-0.2, 0) is 24.7 Å². The first-order chi connectivity index (χ1) is 4.25. The van der Waals surface area contributed by atoms with Crippen LogP contribution in [0.2, 0.25) is 0 Å². The Kier molecular flexibility index (Phi) is 8.49. The number of allylic oxidation sites excluding steroid dienone is 4. The Bertz CT molecular complexity index is 183. The van der Waals surface area contributed by atoms with Gasteiger partial charge in [0, 0.05) is 0 Å². The minimum Gasteiger partial charge on any atom is -1.00 e. The molecule has 1 aliphatic rings. The van der Waals surface area contributed by atoms with Crippen molar-refractivity contribution in [1.82, 2.24) is 0 Å². The molecule has 11 heavy (non-hydrogen) atoms. The van der Waals surface area contributed by atoms with Crippen molar-refractivity contribution in [2.75, 3.05) is 0 Å². The van der Waals surface area contributed by atoms with Gasteiger partial charge < -0.3 is 24.8 Å². The SMILES string of the molecule is CCC1=[C]([Zr+2])CC=C1C.[Cl-].[Cl-]. The zero-order chi connectivity index (χ0) is 6.85. The number of rotatable bonds is 1. The molecule has 1 aliphatic carbocycles. The summed E-state index contributed by atoms with van der Waals surface area (Å²) in [5, 5.41) is 0. The predicted octanol–water partition coefficient (Wildman–Crippen LogP) is -3.44. The van der Waals surface area contributed by atoms with Gasteiger partial charge >= 0.3 is 71.9 Å². The molecular weight excluding hydrogens is 258 g/mol. The molecule has 0 aromatic heterocycles. The Morgan fingerprint density at radius 1 is 1.45 bits per heavy atom. The van der Waals surface area contributed by atoms with Crippen LogP contribution in [0.25, 0.3) is 0 Å². The van der Waals surface area contributed by atoms with Crippen molar-refractivity contribution in [2.24, 2.45) is 0 Å². The molecule has 3 heteroatoms. The molecule has 0 aromatic carbocycles. The summed E-state index contributed by atoms with van der Waals surface area (Å²) in [6.45, 7) is 4.46. The molecular formula is C8H11Cl2Zr. The maximum Gasteiger partial charge on any atom is -1.00 e. The smallest absolute Gasteiger partial charge is 1.00 e. The Morgan fingerprint density at radius 3 is 2.18 bits per heavy atom. The van der Waals surface area contributed by atoms with Gasteiger partial charge in [0.25, 0.3) is 0 Å². The van der Waals surface area contributed by atoms with Crippen molar-refractivity contribution < 1.29 is 49.5 Å². The van der Waals surface area contributed by atoms with Crippen LogP contribution in [0.15, 0.2) is 20.5 Å². The van der Waals surface area contributed by atoms with Crippen LogP contribution in [-0.4, -0.2) is 0 Å². The van der Waals surface area contributed by atoms with Crippen LogP contribution >= 0.6 is 0 Å². The first-order valence-electron chi connectivity index (χ1n) is 3.36. The van der Waals surface area contributed by atoms with Gasteiger partial charge in [-0.3, -0.25) is 0 Å². The average Bonchev–Trinajstić information content (AvgIpc) is 2.12. The second kappa shape index (κ2) is 6.46. The summed E-state index contributed by atoms with van der Waals surface area (Å²) in [5.41, 5.74) is 3.14. The Morgan fingerprint density at radius 2 is 2.00 bits per heavy atom. The molecule has 0 aromatic rings. The minimum atomic E-state index is 0. The van der Waals surface area contributed by atoms with Gasteiger partial charge in [0.15, 0.2) is 0 Å². The molecule has 0 spiro atoms. The molecule has 0 atom stereocenters. The average molecular weight is 269 g/mol. The molecule has 61 valence electrons.